The molecular weight excluding hydrogens is 336 g/mol. The minimum absolute atomic E-state index is 0.0680. The Bertz CT molecular complexity index is 861. The summed E-state index contributed by atoms with van der Waals surface area (Å²) in [6.45, 7) is 3.53. The van der Waals surface area contributed by atoms with Crippen LogP contribution in [0, 0.1) is 6.92 Å². The lowest BCUT2D eigenvalue weighted by Gasteiger charge is -2.10. The van der Waals surface area contributed by atoms with Crippen molar-refractivity contribution < 1.29 is 9.53 Å². The van der Waals surface area contributed by atoms with E-state index in [-0.39, 0.29) is 12.5 Å². The van der Waals surface area contributed by atoms with Crippen molar-refractivity contribution in [2.75, 3.05) is 11.9 Å². The van der Waals surface area contributed by atoms with Gasteiger partial charge < -0.3 is 15.4 Å². The van der Waals surface area contributed by atoms with Gasteiger partial charge in [0.1, 0.15) is 12.4 Å². The van der Waals surface area contributed by atoms with Crippen molar-refractivity contribution in [2.24, 2.45) is 0 Å². The molecule has 0 saturated heterocycles. The molecule has 1 amide bonds. The topological polar surface area (TPSA) is 50.4 Å². The Kier molecular flexibility index (Phi) is 6.61. The molecule has 0 atom stereocenters. The smallest absolute Gasteiger partial charge is 0.238 e. The molecule has 27 heavy (non-hydrogen) atoms. The van der Waals surface area contributed by atoms with Gasteiger partial charge in [0.2, 0.25) is 5.91 Å². The van der Waals surface area contributed by atoms with Gasteiger partial charge in [0.05, 0.1) is 6.54 Å². The number of amides is 1. The van der Waals surface area contributed by atoms with E-state index in [9.17, 15) is 4.79 Å². The van der Waals surface area contributed by atoms with E-state index in [2.05, 4.69) is 29.7 Å². The largest absolute Gasteiger partial charge is 0.489 e. The summed E-state index contributed by atoms with van der Waals surface area (Å²) in [6.07, 6.45) is 0. The van der Waals surface area contributed by atoms with E-state index in [4.69, 9.17) is 4.74 Å². The zero-order valence-electron chi connectivity index (χ0n) is 15.4. The maximum absolute atomic E-state index is 12.1. The van der Waals surface area contributed by atoms with Crippen LogP contribution in [0.1, 0.15) is 16.7 Å². The second-order valence-electron chi connectivity index (χ2n) is 6.38. The van der Waals surface area contributed by atoms with Crippen LogP contribution < -0.4 is 15.4 Å². The zero-order valence-corrected chi connectivity index (χ0v) is 15.4. The molecule has 0 aliphatic rings. The summed E-state index contributed by atoms with van der Waals surface area (Å²) < 4.78 is 5.75. The van der Waals surface area contributed by atoms with Crippen LogP contribution in [0.5, 0.6) is 5.75 Å². The fourth-order valence-electron chi connectivity index (χ4n) is 2.70. The SMILES string of the molecule is Cc1ccccc1CNCC(=O)Nc1ccc(OCc2ccccc2)cc1. The number of benzene rings is 3. The highest BCUT2D eigenvalue weighted by molar-refractivity contribution is 5.92. The molecule has 0 heterocycles. The number of ether oxygens (including phenoxy) is 1. The number of nitrogens with one attached hydrogen (secondary N) is 2. The Hall–Kier alpha value is -3.11. The molecule has 3 aromatic rings. The van der Waals surface area contributed by atoms with Crippen molar-refractivity contribution >= 4 is 11.6 Å². The van der Waals surface area contributed by atoms with Crippen molar-refractivity contribution in [1.82, 2.24) is 5.32 Å². The molecule has 0 radical (unpaired) electrons. The first-order valence-corrected chi connectivity index (χ1v) is 9.02. The number of hydrogen-bond donors (Lipinski definition) is 2. The van der Waals surface area contributed by atoms with Crippen LogP contribution in [0.4, 0.5) is 5.69 Å². The van der Waals surface area contributed by atoms with Crippen LogP contribution in [0.3, 0.4) is 0 Å². The molecule has 0 saturated carbocycles. The summed E-state index contributed by atoms with van der Waals surface area (Å²) in [4.78, 5) is 12.1. The predicted octanol–water partition coefficient (Wildman–Crippen LogP) is 4.30. The van der Waals surface area contributed by atoms with Crippen molar-refractivity contribution in [2.45, 2.75) is 20.1 Å². The predicted molar refractivity (Wildman–Crippen MR) is 109 cm³/mol. The summed E-state index contributed by atoms with van der Waals surface area (Å²) in [5, 5.41) is 6.06. The molecule has 0 aliphatic carbocycles. The van der Waals surface area contributed by atoms with Crippen LogP contribution in [0.15, 0.2) is 78.9 Å². The molecule has 4 heteroatoms. The van der Waals surface area contributed by atoms with E-state index in [0.717, 1.165) is 17.0 Å². The average Bonchev–Trinajstić information content (AvgIpc) is 2.70. The van der Waals surface area contributed by atoms with Gasteiger partial charge >= 0.3 is 0 Å². The third kappa shape index (κ3) is 5.97. The fourth-order valence-corrected chi connectivity index (χ4v) is 2.70. The van der Waals surface area contributed by atoms with Crippen molar-refractivity contribution in [3.63, 3.8) is 0 Å². The van der Waals surface area contributed by atoms with Crippen LogP contribution in [0.25, 0.3) is 0 Å². The highest BCUT2D eigenvalue weighted by Crippen LogP contribution is 2.17. The highest BCUT2D eigenvalue weighted by atomic mass is 16.5. The van der Waals surface area contributed by atoms with Gasteiger partial charge in [-0.1, -0.05) is 54.6 Å². The molecule has 3 aromatic carbocycles. The molecule has 0 fully saturated rings. The zero-order chi connectivity index (χ0) is 18.9. The maximum atomic E-state index is 12.1. The van der Waals surface area contributed by atoms with Crippen LogP contribution in [-0.2, 0) is 17.9 Å². The standard InChI is InChI=1S/C23H24N2O2/c1-18-7-5-6-10-20(18)15-24-16-23(26)25-21-11-13-22(14-12-21)27-17-19-8-3-2-4-9-19/h2-14,24H,15-17H2,1H3,(H,25,26). The van der Waals surface area contributed by atoms with E-state index in [1.165, 1.54) is 11.1 Å². The van der Waals surface area contributed by atoms with E-state index < -0.39 is 0 Å². The summed E-state index contributed by atoms with van der Waals surface area (Å²) in [5.74, 6) is 0.705. The number of carbonyl (C=O) groups is 1. The van der Waals surface area contributed by atoms with Gasteiger partial charge in [0, 0.05) is 12.2 Å². The Morgan fingerprint density at radius 2 is 1.59 bits per heavy atom. The molecule has 0 aromatic heterocycles. The Morgan fingerprint density at radius 1 is 0.889 bits per heavy atom. The van der Waals surface area contributed by atoms with E-state index in [0.29, 0.717) is 13.2 Å². The number of aryl methyl sites for hydroxylation is 1. The quantitative estimate of drug-likeness (QED) is 0.630. The van der Waals surface area contributed by atoms with E-state index in [1.807, 2.05) is 66.7 Å². The minimum atomic E-state index is -0.0680. The first-order valence-electron chi connectivity index (χ1n) is 9.02. The summed E-state index contributed by atoms with van der Waals surface area (Å²) in [6, 6.07) is 25.6. The number of carbonyl (C=O) groups excluding carboxylic acids is 1. The number of anilines is 1. The van der Waals surface area contributed by atoms with Gasteiger partial charge in [0.25, 0.3) is 0 Å². The Balaban J connectivity index is 1.42. The lowest BCUT2D eigenvalue weighted by Crippen LogP contribution is -2.27. The normalized spacial score (nSPS) is 10.4. The molecule has 4 nitrogen and oxygen atoms in total. The Labute approximate surface area is 160 Å². The van der Waals surface area contributed by atoms with Gasteiger partial charge in [-0.15, -0.1) is 0 Å². The molecule has 0 aliphatic heterocycles. The Morgan fingerprint density at radius 3 is 2.33 bits per heavy atom. The second-order valence-corrected chi connectivity index (χ2v) is 6.38. The third-order valence-electron chi connectivity index (χ3n) is 4.25. The first-order chi connectivity index (χ1) is 13.2. The first kappa shape index (κ1) is 18.7. The molecule has 0 bridgehead atoms. The fraction of sp³-hybridized carbons (Fsp3) is 0.174. The van der Waals surface area contributed by atoms with Gasteiger partial charge in [-0.05, 0) is 47.9 Å². The second kappa shape index (κ2) is 9.55. The van der Waals surface area contributed by atoms with Crippen molar-refractivity contribution in [1.29, 1.82) is 0 Å². The van der Waals surface area contributed by atoms with Gasteiger partial charge in [-0.3, -0.25) is 4.79 Å². The van der Waals surface area contributed by atoms with E-state index in [1.54, 1.807) is 0 Å². The summed E-state index contributed by atoms with van der Waals surface area (Å²) >= 11 is 0. The van der Waals surface area contributed by atoms with E-state index >= 15 is 0 Å². The van der Waals surface area contributed by atoms with Crippen LogP contribution >= 0.6 is 0 Å². The monoisotopic (exact) mass is 360 g/mol. The number of hydrogen-bond acceptors (Lipinski definition) is 3. The lowest BCUT2D eigenvalue weighted by atomic mass is 10.1. The van der Waals surface area contributed by atoms with Crippen LogP contribution in [-0.4, -0.2) is 12.5 Å². The molecular formula is C23H24N2O2. The summed E-state index contributed by atoms with van der Waals surface area (Å²) in [5.41, 5.74) is 4.29. The third-order valence-corrected chi connectivity index (χ3v) is 4.25. The van der Waals surface area contributed by atoms with Crippen molar-refractivity contribution in [3.8, 4) is 5.75 Å². The molecule has 3 rings (SSSR count). The average molecular weight is 360 g/mol. The van der Waals surface area contributed by atoms with Crippen molar-refractivity contribution in [3.05, 3.63) is 95.6 Å². The summed E-state index contributed by atoms with van der Waals surface area (Å²) in [7, 11) is 0. The minimum Gasteiger partial charge on any atom is -0.489 e. The van der Waals surface area contributed by atoms with Gasteiger partial charge in [-0.25, -0.2) is 0 Å². The molecule has 2 N–H and O–H groups in total. The molecule has 138 valence electrons. The van der Waals surface area contributed by atoms with Crippen LogP contribution in [0.2, 0.25) is 0 Å². The lowest BCUT2D eigenvalue weighted by molar-refractivity contribution is -0.115. The molecule has 0 spiro atoms. The van der Waals surface area contributed by atoms with Gasteiger partial charge in [0.15, 0.2) is 0 Å². The number of rotatable bonds is 8. The highest BCUT2D eigenvalue weighted by Gasteiger charge is 2.04. The van der Waals surface area contributed by atoms with Gasteiger partial charge in [-0.2, -0.15) is 0 Å². The maximum Gasteiger partial charge on any atom is 0.238 e. The molecule has 0 unspecified atom stereocenters.